The first kappa shape index (κ1) is 13.8. The first-order valence-electron chi connectivity index (χ1n) is 8.26. The third kappa shape index (κ3) is 2.73. The van der Waals surface area contributed by atoms with Crippen LogP contribution in [0.1, 0.15) is 36.0 Å². The largest absolute Gasteiger partial charge is 0.338 e. The summed E-state index contributed by atoms with van der Waals surface area (Å²) in [5.74, 6) is 1.03. The van der Waals surface area contributed by atoms with Crippen molar-refractivity contribution in [1.82, 2.24) is 19.8 Å². The van der Waals surface area contributed by atoms with Crippen LogP contribution in [-0.2, 0) is 0 Å². The Balaban J connectivity index is 1.39. The zero-order chi connectivity index (χ0) is 14.9. The number of hydrogen-bond acceptors (Lipinski definition) is 3. The second-order valence-corrected chi connectivity index (χ2v) is 6.51. The highest BCUT2D eigenvalue weighted by Crippen LogP contribution is 2.28. The summed E-state index contributed by atoms with van der Waals surface area (Å²) in [7, 11) is 0. The highest BCUT2D eigenvalue weighted by Gasteiger charge is 2.27. The molecule has 5 nitrogen and oxygen atoms in total. The predicted octanol–water partition coefficient (Wildman–Crippen LogP) is 1.94. The first-order valence-corrected chi connectivity index (χ1v) is 8.26. The van der Waals surface area contributed by atoms with Gasteiger partial charge in [-0.3, -0.25) is 4.79 Å². The maximum absolute atomic E-state index is 12.7. The van der Waals surface area contributed by atoms with Crippen molar-refractivity contribution in [2.45, 2.75) is 31.7 Å². The van der Waals surface area contributed by atoms with Crippen LogP contribution in [-0.4, -0.2) is 46.1 Å². The molecule has 2 aliphatic rings. The fraction of sp³-hybridized carbons (Fsp3) is 0.529. The lowest BCUT2D eigenvalue weighted by Crippen LogP contribution is -2.45. The van der Waals surface area contributed by atoms with Crippen molar-refractivity contribution < 1.29 is 4.79 Å². The van der Waals surface area contributed by atoms with Crippen molar-refractivity contribution >= 4 is 11.4 Å². The lowest BCUT2D eigenvalue weighted by atomic mass is 10.0. The van der Waals surface area contributed by atoms with Gasteiger partial charge in [0, 0.05) is 25.3 Å². The minimum atomic E-state index is 0.113. The Morgan fingerprint density at radius 1 is 1.23 bits per heavy atom. The van der Waals surface area contributed by atoms with E-state index in [0.717, 1.165) is 43.9 Å². The van der Waals surface area contributed by atoms with Crippen LogP contribution in [0, 0.1) is 5.92 Å². The molecule has 1 aliphatic carbocycles. The number of aromatic nitrogens is 2. The van der Waals surface area contributed by atoms with Crippen LogP contribution in [0.2, 0.25) is 0 Å². The van der Waals surface area contributed by atoms with Crippen molar-refractivity contribution in [2.75, 3.05) is 19.6 Å². The summed E-state index contributed by atoms with van der Waals surface area (Å²) >= 11 is 0. The topological polar surface area (TPSA) is 49.6 Å². The molecule has 1 N–H and O–H groups in total. The second kappa shape index (κ2) is 5.72. The molecule has 5 heteroatoms. The van der Waals surface area contributed by atoms with Crippen molar-refractivity contribution in [2.24, 2.45) is 5.92 Å². The number of hydrogen-bond donors (Lipinski definition) is 1. The van der Waals surface area contributed by atoms with Crippen LogP contribution < -0.4 is 5.32 Å². The van der Waals surface area contributed by atoms with Gasteiger partial charge < -0.3 is 10.2 Å². The van der Waals surface area contributed by atoms with Crippen LogP contribution in [0.4, 0.5) is 0 Å². The minimum absolute atomic E-state index is 0.113. The Bertz CT molecular complexity index is 668. The van der Waals surface area contributed by atoms with E-state index in [1.54, 1.807) is 10.7 Å². The van der Waals surface area contributed by atoms with E-state index < -0.39 is 0 Å². The summed E-state index contributed by atoms with van der Waals surface area (Å²) < 4.78 is 1.76. The lowest BCUT2D eigenvalue weighted by Gasteiger charge is -2.32. The van der Waals surface area contributed by atoms with Gasteiger partial charge in [-0.15, -0.1) is 0 Å². The molecule has 3 heterocycles. The average Bonchev–Trinajstić information content (AvgIpc) is 3.30. The minimum Gasteiger partial charge on any atom is -0.338 e. The predicted molar refractivity (Wildman–Crippen MR) is 84.8 cm³/mol. The van der Waals surface area contributed by atoms with E-state index in [-0.39, 0.29) is 5.91 Å². The van der Waals surface area contributed by atoms with Crippen LogP contribution >= 0.6 is 0 Å². The quantitative estimate of drug-likeness (QED) is 0.938. The smallest absolute Gasteiger partial charge is 0.257 e. The molecule has 0 bridgehead atoms. The Labute approximate surface area is 130 Å². The fourth-order valence-corrected chi connectivity index (χ4v) is 3.21. The van der Waals surface area contributed by atoms with E-state index in [2.05, 4.69) is 10.4 Å². The van der Waals surface area contributed by atoms with E-state index in [1.165, 1.54) is 12.8 Å². The fourth-order valence-electron chi connectivity index (χ4n) is 3.21. The van der Waals surface area contributed by atoms with Gasteiger partial charge in [0.1, 0.15) is 0 Å². The Morgan fingerprint density at radius 2 is 2.05 bits per heavy atom. The molecule has 22 heavy (non-hydrogen) atoms. The molecule has 1 aliphatic heterocycles. The molecule has 2 aromatic rings. The molecule has 0 atom stereocenters. The number of piperidine rings is 1. The van der Waals surface area contributed by atoms with Gasteiger partial charge in [0.25, 0.3) is 5.91 Å². The number of pyridine rings is 1. The molecule has 0 aromatic carbocycles. The van der Waals surface area contributed by atoms with Crippen molar-refractivity contribution in [3.63, 3.8) is 0 Å². The Kier molecular flexibility index (Phi) is 3.58. The molecule has 0 unspecified atom stereocenters. The number of nitrogens with zero attached hydrogens (tertiary/aromatic N) is 3. The summed E-state index contributed by atoms with van der Waals surface area (Å²) in [4.78, 5) is 14.7. The van der Waals surface area contributed by atoms with Crippen molar-refractivity contribution in [1.29, 1.82) is 0 Å². The molecular formula is C17H22N4O. The number of nitrogens with one attached hydrogen (secondary N) is 1. The van der Waals surface area contributed by atoms with Gasteiger partial charge >= 0.3 is 0 Å². The van der Waals surface area contributed by atoms with E-state index in [4.69, 9.17) is 0 Å². The number of likely N-dealkylation sites (tertiary alicyclic amines) is 1. The maximum atomic E-state index is 12.7. The zero-order valence-electron chi connectivity index (χ0n) is 12.7. The van der Waals surface area contributed by atoms with Gasteiger partial charge in [0.05, 0.1) is 17.3 Å². The molecular weight excluding hydrogens is 276 g/mol. The zero-order valence-corrected chi connectivity index (χ0v) is 12.7. The molecule has 0 radical (unpaired) electrons. The Morgan fingerprint density at radius 3 is 2.82 bits per heavy atom. The van der Waals surface area contributed by atoms with Gasteiger partial charge in [-0.25, -0.2) is 4.52 Å². The van der Waals surface area contributed by atoms with Gasteiger partial charge in [-0.05, 0) is 50.3 Å². The van der Waals surface area contributed by atoms with Crippen LogP contribution in [0.5, 0.6) is 0 Å². The van der Waals surface area contributed by atoms with E-state index >= 15 is 0 Å². The van der Waals surface area contributed by atoms with E-state index in [1.807, 2.05) is 29.3 Å². The lowest BCUT2D eigenvalue weighted by molar-refractivity contribution is 0.0707. The average molecular weight is 298 g/mol. The summed E-state index contributed by atoms with van der Waals surface area (Å²) in [5.41, 5.74) is 1.60. The number of amides is 1. The molecule has 1 saturated heterocycles. The standard InChI is InChI=1S/C17H22N4O/c22-17(15-12-19-21-8-2-1-3-16(15)21)20-9-6-14(7-10-20)18-11-13-4-5-13/h1-3,8,12-14,18H,4-7,9-11H2. The monoisotopic (exact) mass is 298 g/mol. The van der Waals surface area contributed by atoms with Gasteiger partial charge in [-0.1, -0.05) is 6.07 Å². The highest BCUT2D eigenvalue weighted by atomic mass is 16.2. The number of carbonyl (C=O) groups is 1. The number of carbonyl (C=O) groups excluding carboxylic acids is 1. The summed E-state index contributed by atoms with van der Waals surface area (Å²) in [6.07, 6.45) is 8.45. The molecule has 1 saturated carbocycles. The van der Waals surface area contributed by atoms with Crippen molar-refractivity contribution in [3.8, 4) is 0 Å². The summed E-state index contributed by atoms with van der Waals surface area (Å²) in [6.45, 7) is 2.84. The van der Waals surface area contributed by atoms with Crippen LogP contribution in [0.15, 0.2) is 30.6 Å². The highest BCUT2D eigenvalue weighted by molar-refractivity contribution is 6.00. The third-order valence-corrected chi connectivity index (χ3v) is 4.83. The molecule has 4 rings (SSSR count). The number of fused-ring (bicyclic) bond motifs is 1. The molecule has 1 amide bonds. The normalized spacial score (nSPS) is 19.7. The maximum Gasteiger partial charge on any atom is 0.257 e. The van der Waals surface area contributed by atoms with E-state index in [9.17, 15) is 4.79 Å². The third-order valence-electron chi connectivity index (χ3n) is 4.83. The van der Waals surface area contributed by atoms with Crippen molar-refractivity contribution in [3.05, 3.63) is 36.2 Å². The summed E-state index contributed by atoms with van der Waals surface area (Å²) in [5, 5.41) is 7.92. The number of rotatable bonds is 4. The van der Waals surface area contributed by atoms with Crippen LogP contribution in [0.25, 0.3) is 5.52 Å². The van der Waals surface area contributed by atoms with Crippen LogP contribution in [0.3, 0.4) is 0 Å². The first-order chi connectivity index (χ1) is 10.8. The molecule has 0 spiro atoms. The SMILES string of the molecule is O=C(c1cnn2ccccc12)N1CCC(NCC2CC2)CC1. The second-order valence-electron chi connectivity index (χ2n) is 6.51. The van der Waals surface area contributed by atoms with Gasteiger partial charge in [-0.2, -0.15) is 5.10 Å². The van der Waals surface area contributed by atoms with Gasteiger partial charge in [0.2, 0.25) is 0 Å². The van der Waals surface area contributed by atoms with E-state index in [0.29, 0.717) is 11.6 Å². The molecule has 2 fully saturated rings. The molecule has 2 aromatic heterocycles. The summed E-state index contributed by atoms with van der Waals surface area (Å²) in [6, 6.07) is 6.39. The molecule has 116 valence electrons. The van der Waals surface area contributed by atoms with Gasteiger partial charge in [0.15, 0.2) is 0 Å². The Hall–Kier alpha value is -1.88.